The minimum Gasteiger partial charge on any atom is -0.493 e. The number of rotatable bonds is 6. The molecule has 0 aliphatic rings. The molecule has 0 N–H and O–H groups in total. The molecule has 0 saturated carbocycles. The average molecular weight is 268 g/mol. The smallest absolute Gasteiger partial charge is 0.170 e. The summed E-state index contributed by atoms with van der Waals surface area (Å²) in [5, 5.41) is 0. The summed E-state index contributed by atoms with van der Waals surface area (Å²) in [6.07, 6.45) is 1.35. The van der Waals surface area contributed by atoms with Crippen LogP contribution in [0, 0.1) is 6.92 Å². The predicted octanol–water partition coefficient (Wildman–Crippen LogP) is 4.21. The molecule has 0 saturated heterocycles. The van der Waals surface area contributed by atoms with E-state index in [9.17, 15) is 4.79 Å². The van der Waals surface area contributed by atoms with Crippen molar-refractivity contribution in [1.29, 1.82) is 0 Å². The summed E-state index contributed by atoms with van der Waals surface area (Å²) in [5.74, 6) is 0.791. The molecule has 0 bridgehead atoms. The molecular weight excluding hydrogens is 248 g/mol. The van der Waals surface area contributed by atoms with Crippen LogP contribution in [0.1, 0.15) is 34.8 Å². The molecule has 0 unspecified atom stereocenters. The van der Waals surface area contributed by atoms with E-state index in [2.05, 4.69) is 6.92 Å². The molecule has 104 valence electrons. The highest BCUT2D eigenvalue weighted by Gasteiger charge is 2.13. The number of Topliss-reactive ketones (excluding diaryl/α,β-unsaturated/α-hetero) is 1. The molecule has 2 aromatic rings. The maximum atomic E-state index is 12.5. The van der Waals surface area contributed by atoms with Crippen molar-refractivity contribution < 1.29 is 9.53 Å². The highest BCUT2D eigenvalue weighted by Crippen LogP contribution is 2.21. The molecule has 2 aromatic carbocycles. The Kier molecular flexibility index (Phi) is 4.94. The fraction of sp³-hybridized carbons (Fsp3) is 0.278. The molecule has 20 heavy (non-hydrogen) atoms. The second-order valence-electron chi connectivity index (χ2n) is 4.87. The molecule has 0 aliphatic carbocycles. The molecule has 0 atom stereocenters. The molecule has 0 heterocycles. The lowest BCUT2D eigenvalue weighted by molar-refractivity contribution is 0.0989. The first-order valence-corrected chi connectivity index (χ1v) is 7.02. The van der Waals surface area contributed by atoms with Crippen LogP contribution in [-0.2, 0) is 6.42 Å². The van der Waals surface area contributed by atoms with E-state index in [0.29, 0.717) is 24.3 Å². The van der Waals surface area contributed by atoms with Gasteiger partial charge in [0.15, 0.2) is 5.78 Å². The quantitative estimate of drug-likeness (QED) is 0.734. The van der Waals surface area contributed by atoms with Gasteiger partial charge in [-0.3, -0.25) is 4.79 Å². The second-order valence-corrected chi connectivity index (χ2v) is 4.87. The third-order valence-corrected chi connectivity index (χ3v) is 3.26. The number of hydrogen-bond acceptors (Lipinski definition) is 2. The first kappa shape index (κ1) is 14.3. The Morgan fingerprint density at radius 2 is 1.75 bits per heavy atom. The van der Waals surface area contributed by atoms with Crippen molar-refractivity contribution in [2.45, 2.75) is 26.7 Å². The Morgan fingerprint density at radius 1 is 1.05 bits per heavy atom. The van der Waals surface area contributed by atoms with E-state index in [0.717, 1.165) is 17.5 Å². The van der Waals surface area contributed by atoms with E-state index < -0.39 is 0 Å². The molecule has 0 aliphatic heterocycles. The van der Waals surface area contributed by atoms with Crippen LogP contribution in [0.25, 0.3) is 0 Å². The number of ether oxygens (including phenoxy) is 1. The van der Waals surface area contributed by atoms with Crippen molar-refractivity contribution in [2.24, 2.45) is 0 Å². The highest BCUT2D eigenvalue weighted by molar-refractivity contribution is 6.00. The first-order valence-electron chi connectivity index (χ1n) is 7.02. The summed E-state index contributed by atoms with van der Waals surface area (Å²) in [4.78, 5) is 12.5. The van der Waals surface area contributed by atoms with Crippen LogP contribution in [0.15, 0.2) is 48.5 Å². The molecule has 2 rings (SSSR count). The van der Waals surface area contributed by atoms with Crippen molar-refractivity contribution in [1.82, 2.24) is 0 Å². The van der Waals surface area contributed by atoms with E-state index in [-0.39, 0.29) is 5.78 Å². The summed E-state index contributed by atoms with van der Waals surface area (Å²) in [5.41, 5.74) is 2.89. The number of ketones is 1. The van der Waals surface area contributed by atoms with Crippen LogP contribution < -0.4 is 4.74 Å². The number of carbonyl (C=O) groups excluding carboxylic acids is 1. The van der Waals surface area contributed by atoms with E-state index >= 15 is 0 Å². The van der Waals surface area contributed by atoms with E-state index in [1.165, 1.54) is 0 Å². The zero-order valence-corrected chi connectivity index (χ0v) is 12.1. The van der Waals surface area contributed by atoms with Crippen molar-refractivity contribution in [3.63, 3.8) is 0 Å². The summed E-state index contributed by atoms with van der Waals surface area (Å²) in [6.45, 7) is 4.72. The van der Waals surface area contributed by atoms with Gasteiger partial charge in [0.25, 0.3) is 0 Å². The molecule has 0 radical (unpaired) electrons. The lowest BCUT2D eigenvalue weighted by Crippen LogP contribution is -2.08. The first-order chi connectivity index (χ1) is 9.72. The third kappa shape index (κ3) is 3.47. The van der Waals surface area contributed by atoms with E-state index in [4.69, 9.17) is 4.74 Å². The van der Waals surface area contributed by atoms with Gasteiger partial charge in [0.2, 0.25) is 0 Å². The summed E-state index contributed by atoms with van der Waals surface area (Å²) < 4.78 is 5.65. The van der Waals surface area contributed by atoms with Gasteiger partial charge in [-0.15, -0.1) is 0 Å². The monoisotopic (exact) mass is 268 g/mol. The lowest BCUT2D eigenvalue weighted by atomic mass is 9.99. The second kappa shape index (κ2) is 6.90. The number of aryl methyl sites for hydroxylation is 1. The van der Waals surface area contributed by atoms with Crippen LogP contribution >= 0.6 is 0 Å². The Morgan fingerprint density at radius 3 is 2.50 bits per heavy atom. The Hall–Kier alpha value is -2.09. The summed E-state index contributed by atoms with van der Waals surface area (Å²) in [6, 6.07) is 15.5. The van der Waals surface area contributed by atoms with Gasteiger partial charge in [-0.25, -0.2) is 0 Å². The zero-order chi connectivity index (χ0) is 14.4. The maximum Gasteiger partial charge on any atom is 0.170 e. The van der Waals surface area contributed by atoms with Crippen LogP contribution in [0.4, 0.5) is 0 Å². The van der Waals surface area contributed by atoms with Gasteiger partial charge < -0.3 is 4.74 Å². The number of hydrogen-bond donors (Lipinski definition) is 0. The molecule has 0 amide bonds. The van der Waals surface area contributed by atoms with E-state index in [1.807, 2.05) is 55.5 Å². The van der Waals surface area contributed by atoms with Gasteiger partial charge >= 0.3 is 0 Å². The van der Waals surface area contributed by atoms with Crippen LogP contribution in [0.2, 0.25) is 0 Å². The van der Waals surface area contributed by atoms with Crippen LogP contribution in [0.5, 0.6) is 5.75 Å². The molecule has 2 heteroatoms. The topological polar surface area (TPSA) is 26.3 Å². The van der Waals surface area contributed by atoms with Crippen LogP contribution in [-0.4, -0.2) is 12.4 Å². The largest absolute Gasteiger partial charge is 0.493 e. The SMILES string of the molecule is CCCOc1ccccc1C(=O)Cc1ccccc1C. The van der Waals surface area contributed by atoms with E-state index in [1.54, 1.807) is 0 Å². The Labute approximate surface area is 120 Å². The standard InChI is InChI=1S/C18H20O2/c1-3-12-20-18-11-7-6-10-16(18)17(19)13-15-9-5-4-8-14(15)2/h4-11H,3,12-13H2,1-2H3. The predicted molar refractivity (Wildman–Crippen MR) is 81.4 cm³/mol. The number of benzene rings is 2. The average Bonchev–Trinajstić information content (AvgIpc) is 2.47. The van der Waals surface area contributed by atoms with Gasteiger partial charge in [0.05, 0.1) is 12.2 Å². The molecule has 0 spiro atoms. The molecule has 2 nitrogen and oxygen atoms in total. The van der Waals surface area contributed by atoms with Crippen molar-refractivity contribution in [3.8, 4) is 5.75 Å². The fourth-order valence-corrected chi connectivity index (χ4v) is 2.11. The van der Waals surface area contributed by atoms with Gasteiger partial charge in [0, 0.05) is 6.42 Å². The Bertz CT molecular complexity index is 587. The fourth-order valence-electron chi connectivity index (χ4n) is 2.11. The van der Waals surface area contributed by atoms with Crippen LogP contribution in [0.3, 0.4) is 0 Å². The van der Waals surface area contributed by atoms with Crippen molar-refractivity contribution in [3.05, 3.63) is 65.2 Å². The summed E-state index contributed by atoms with van der Waals surface area (Å²) in [7, 11) is 0. The van der Waals surface area contributed by atoms with Gasteiger partial charge in [-0.1, -0.05) is 43.3 Å². The maximum absolute atomic E-state index is 12.5. The molecular formula is C18H20O2. The highest BCUT2D eigenvalue weighted by atomic mass is 16.5. The number of carbonyl (C=O) groups is 1. The van der Waals surface area contributed by atoms with Gasteiger partial charge in [0.1, 0.15) is 5.75 Å². The lowest BCUT2D eigenvalue weighted by Gasteiger charge is -2.10. The Balaban J connectivity index is 2.19. The normalized spacial score (nSPS) is 10.3. The minimum absolute atomic E-state index is 0.103. The van der Waals surface area contributed by atoms with Gasteiger partial charge in [-0.05, 0) is 36.6 Å². The molecule has 0 aromatic heterocycles. The summed E-state index contributed by atoms with van der Waals surface area (Å²) >= 11 is 0. The third-order valence-electron chi connectivity index (χ3n) is 3.26. The minimum atomic E-state index is 0.103. The van der Waals surface area contributed by atoms with Crippen molar-refractivity contribution in [2.75, 3.05) is 6.61 Å². The number of para-hydroxylation sites is 1. The van der Waals surface area contributed by atoms with Gasteiger partial charge in [-0.2, -0.15) is 0 Å². The zero-order valence-electron chi connectivity index (χ0n) is 12.1. The van der Waals surface area contributed by atoms with Crippen molar-refractivity contribution >= 4 is 5.78 Å². The molecule has 0 fully saturated rings.